The third-order valence-corrected chi connectivity index (χ3v) is 18.2. The number of primary amides is 1. The summed E-state index contributed by atoms with van der Waals surface area (Å²) >= 11 is 1.80. The summed E-state index contributed by atoms with van der Waals surface area (Å²) in [6, 6.07) is -1.68. The Morgan fingerprint density at radius 1 is 0.883 bits per heavy atom. The van der Waals surface area contributed by atoms with Crippen LogP contribution in [0.2, 0.25) is 0 Å². The van der Waals surface area contributed by atoms with Crippen molar-refractivity contribution in [3.63, 3.8) is 0 Å². The molecule has 12 atom stereocenters. The highest BCUT2D eigenvalue weighted by atomic mass is 32.2. The van der Waals surface area contributed by atoms with Gasteiger partial charge in [-0.15, -0.1) is 11.8 Å². The number of nitrogens with zero attached hydrogens (tertiary/aromatic N) is 1. The summed E-state index contributed by atoms with van der Waals surface area (Å²) in [5, 5.41) is 23.3. The normalized spacial score (nSPS) is 42.2. The number of aliphatic hydroxyl groups excluding tert-OH is 1. The van der Waals surface area contributed by atoms with Gasteiger partial charge in [0.05, 0.1) is 43.2 Å². The van der Waals surface area contributed by atoms with Crippen molar-refractivity contribution in [1.29, 1.82) is 0 Å². The van der Waals surface area contributed by atoms with Crippen LogP contribution in [0.4, 0.5) is 4.79 Å². The van der Waals surface area contributed by atoms with E-state index in [1.807, 2.05) is 0 Å². The van der Waals surface area contributed by atoms with E-state index in [2.05, 4.69) is 38.0 Å². The summed E-state index contributed by atoms with van der Waals surface area (Å²) in [4.78, 5) is 60.7. The molecule has 6 unspecified atom stereocenters. The first-order valence-electron chi connectivity index (χ1n) is 24.0. The van der Waals surface area contributed by atoms with Crippen molar-refractivity contribution >= 4 is 35.6 Å². The highest BCUT2D eigenvalue weighted by Gasteiger charge is 2.77. The van der Waals surface area contributed by atoms with Gasteiger partial charge in [-0.1, -0.05) is 63.2 Å². The second-order valence-corrected chi connectivity index (χ2v) is 21.3. The zero-order valence-electron chi connectivity index (χ0n) is 35.5. The molecule has 4 aliphatic heterocycles. The molecule has 1 spiro atoms. The fourth-order valence-electron chi connectivity index (χ4n) is 14.4. The number of hydrogen-bond donors (Lipinski definition) is 6. The third-order valence-electron chi connectivity index (χ3n) is 16.8. The van der Waals surface area contributed by atoms with Gasteiger partial charge in [0, 0.05) is 29.3 Å². The number of carbonyl (C=O) groups is 4. The number of amides is 4. The first-order valence-corrected chi connectivity index (χ1v) is 25.0. The Morgan fingerprint density at radius 2 is 1.60 bits per heavy atom. The highest BCUT2D eigenvalue weighted by molar-refractivity contribution is 8.00. The van der Waals surface area contributed by atoms with Gasteiger partial charge in [-0.2, -0.15) is 0 Å². The lowest BCUT2D eigenvalue weighted by Gasteiger charge is -2.54. The monoisotopic (exact) mass is 851 g/mol. The minimum atomic E-state index is -1.18. The van der Waals surface area contributed by atoms with Gasteiger partial charge in [-0.3, -0.25) is 24.6 Å². The van der Waals surface area contributed by atoms with E-state index in [4.69, 9.17) is 15.2 Å². The van der Waals surface area contributed by atoms with E-state index >= 15 is 14.4 Å². The maximum Gasteiger partial charge on any atom is 0.324 e. The van der Waals surface area contributed by atoms with Crippen molar-refractivity contribution in [3.8, 4) is 11.8 Å². The molecule has 5 aliphatic carbocycles. The van der Waals surface area contributed by atoms with Crippen LogP contribution in [0.5, 0.6) is 0 Å². The van der Waals surface area contributed by atoms with Crippen molar-refractivity contribution in [2.45, 2.75) is 188 Å². The van der Waals surface area contributed by atoms with Crippen LogP contribution in [-0.4, -0.2) is 107 Å². The Hall–Kier alpha value is -2.57. The number of esters is 1. The summed E-state index contributed by atoms with van der Waals surface area (Å²) in [6.45, 7) is 0.433. The third kappa shape index (κ3) is 8.10. The van der Waals surface area contributed by atoms with Gasteiger partial charge >= 0.3 is 12.0 Å². The number of fused-ring (bicyclic) bond motifs is 4. The molecule has 0 aromatic heterocycles. The Kier molecular flexibility index (Phi) is 13.3. The van der Waals surface area contributed by atoms with Crippen LogP contribution < -0.4 is 27.0 Å². The first-order chi connectivity index (χ1) is 29.3. The second-order valence-electron chi connectivity index (χ2n) is 19.9. The molecule has 14 heteroatoms. The Bertz CT molecular complexity index is 1630. The van der Waals surface area contributed by atoms with Crippen LogP contribution in [0, 0.1) is 52.8 Å². The molecule has 60 heavy (non-hydrogen) atoms. The smallest absolute Gasteiger partial charge is 0.324 e. The molecule has 13 nitrogen and oxygen atoms in total. The number of aliphatic hydroxyl groups is 1. The zero-order chi connectivity index (χ0) is 41.4. The van der Waals surface area contributed by atoms with E-state index in [1.165, 1.54) is 25.7 Å². The van der Waals surface area contributed by atoms with Crippen molar-refractivity contribution in [3.05, 3.63) is 0 Å². The number of hydrogen-bond acceptors (Lipinski definition) is 10. The predicted molar refractivity (Wildman–Crippen MR) is 228 cm³/mol. The summed E-state index contributed by atoms with van der Waals surface area (Å²) < 4.78 is 13.0. The number of nitrogens with two attached hydrogens (primary N) is 1. The number of morpholine rings is 1. The number of rotatable bonds is 9. The molecule has 9 rings (SSSR count). The quantitative estimate of drug-likeness (QED) is 0.145. The molecule has 5 saturated carbocycles. The molecule has 0 bridgehead atoms. The number of urea groups is 1. The Morgan fingerprint density at radius 3 is 2.32 bits per heavy atom. The van der Waals surface area contributed by atoms with Crippen molar-refractivity contribution in [2.75, 3.05) is 19.8 Å². The summed E-state index contributed by atoms with van der Waals surface area (Å²) in [5.41, 5.74) is 3.88. The van der Waals surface area contributed by atoms with Crippen molar-refractivity contribution in [1.82, 2.24) is 26.2 Å². The molecule has 332 valence electrons. The Labute approximate surface area is 360 Å². The lowest BCUT2D eigenvalue weighted by Crippen LogP contribution is -2.66. The van der Waals surface area contributed by atoms with E-state index in [-0.39, 0.29) is 90.4 Å². The SMILES string of the molecule is NC(=O)NCC#CC1CCC2NC(=O)[C@@]3(C2C1)[C@H](C1CCC(OCCO)CC1)N1[C@H](C2CCCCC2)[C@H](C2CCCCC2)OC(=O)[C@H]1[C@@H]3C(=O)NC1NC2CCCCC2S1. The van der Waals surface area contributed by atoms with Crippen LogP contribution in [-0.2, 0) is 23.9 Å². The molecule has 4 amide bonds. The number of ether oxygens (including phenoxy) is 2. The summed E-state index contributed by atoms with van der Waals surface area (Å²) in [7, 11) is 0. The maximum atomic E-state index is 15.7. The second kappa shape index (κ2) is 18.6. The minimum Gasteiger partial charge on any atom is -0.459 e. The van der Waals surface area contributed by atoms with Gasteiger partial charge in [0.25, 0.3) is 0 Å². The van der Waals surface area contributed by atoms with Gasteiger partial charge in [0.15, 0.2) is 0 Å². The number of thioether (sulfide) groups is 1. The van der Waals surface area contributed by atoms with Crippen LogP contribution >= 0.6 is 11.8 Å². The molecule has 0 radical (unpaired) electrons. The van der Waals surface area contributed by atoms with E-state index in [0.29, 0.717) is 30.2 Å². The molecule has 9 aliphatic rings. The first kappa shape index (κ1) is 42.7. The van der Waals surface area contributed by atoms with E-state index in [9.17, 15) is 9.90 Å². The average molecular weight is 851 g/mol. The summed E-state index contributed by atoms with van der Waals surface area (Å²) in [5.74, 6) is 5.39. The molecular formula is C46H70N6O7S. The van der Waals surface area contributed by atoms with Crippen molar-refractivity contribution < 1.29 is 33.8 Å². The largest absolute Gasteiger partial charge is 0.459 e. The molecule has 9 fully saturated rings. The average Bonchev–Trinajstić information content (AvgIpc) is 3.92. The van der Waals surface area contributed by atoms with Crippen LogP contribution in [0.3, 0.4) is 0 Å². The van der Waals surface area contributed by atoms with Gasteiger partial charge in [0.2, 0.25) is 11.8 Å². The molecule has 7 N–H and O–H groups in total. The number of cyclic esters (lactones) is 1. The number of carbonyl (C=O) groups excluding carboxylic acids is 4. The fourth-order valence-corrected chi connectivity index (χ4v) is 15.9. The van der Waals surface area contributed by atoms with E-state index in [1.54, 1.807) is 11.8 Å². The van der Waals surface area contributed by atoms with Gasteiger partial charge < -0.3 is 36.3 Å². The van der Waals surface area contributed by atoms with E-state index < -0.39 is 23.4 Å². The topological polar surface area (TPSA) is 184 Å². The fraction of sp³-hybridized carbons (Fsp3) is 0.870. The Balaban J connectivity index is 1.16. The lowest BCUT2D eigenvalue weighted by molar-refractivity contribution is -0.190. The van der Waals surface area contributed by atoms with Crippen LogP contribution in [0.25, 0.3) is 0 Å². The van der Waals surface area contributed by atoms with Crippen LogP contribution in [0.1, 0.15) is 135 Å². The number of nitrogens with one attached hydrogen (secondary N) is 4. The molecule has 4 heterocycles. The van der Waals surface area contributed by atoms with Gasteiger partial charge in [-0.25, -0.2) is 4.79 Å². The van der Waals surface area contributed by atoms with Gasteiger partial charge in [-0.05, 0) is 107 Å². The standard InChI is InChI=1S/C46H70N6O7S/c47-44(57)48-23-9-10-27-17-22-33-32(26-27)46(43(56)49-33)36(41(54)51-45-50-34-15-7-8-16-35(34)60-45)38-42(55)59-39(29-13-5-2-6-14-29)37(28-11-3-1-4-12-28)52(38)40(46)30-18-20-31(21-19-30)58-25-24-53/h27-40,45,50,53H,1-8,11-26H2,(H,49,56)(H,51,54)(H3,47,48,57)/t27?,30?,31?,32?,33?,34?,35?,36-,37-,38-,39+,40+,45?,46-/m1/s1. The maximum absolute atomic E-state index is 15.7. The molecule has 0 aromatic carbocycles. The van der Waals surface area contributed by atoms with Crippen LogP contribution in [0.15, 0.2) is 0 Å². The molecule has 0 aromatic rings. The minimum absolute atomic E-state index is 0.0207. The van der Waals surface area contributed by atoms with Gasteiger partial charge in [0.1, 0.15) is 17.6 Å². The molecular weight excluding hydrogens is 781 g/mol. The highest BCUT2D eigenvalue weighted by Crippen LogP contribution is 2.64. The van der Waals surface area contributed by atoms with E-state index in [0.717, 1.165) is 103 Å². The lowest BCUT2D eigenvalue weighted by atomic mass is 9.55. The predicted octanol–water partition coefficient (Wildman–Crippen LogP) is 4.30. The molecule has 4 saturated heterocycles. The summed E-state index contributed by atoms with van der Waals surface area (Å²) in [6.07, 6.45) is 20.9. The van der Waals surface area contributed by atoms with Crippen molar-refractivity contribution in [2.24, 2.45) is 46.7 Å². The zero-order valence-corrected chi connectivity index (χ0v) is 36.3.